The minimum atomic E-state index is -3.81. The Balaban J connectivity index is 1.70. The van der Waals surface area contributed by atoms with Crippen molar-refractivity contribution < 1.29 is 26.0 Å². The molecule has 0 saturated carbocycles. The topological polar surface area (TPSA) is 101 Å². The monoisotopic (exact) mass is 426 g/mol. The highest BCUT2D eigenvalue weighted by Gasteiger charge is 2.41. The lowest BCUT2D eigenvalue weighted by Gasteiger charge is -2.15. The van der Waals surface area contributed by atoms with Gasteiger partial charge in [0.25, 0.3) is 0 Å². The number of sulfonamides is 2. The third kappa shape index (κ3) is 4.23. The largest absolute Gasteiger partial charge is 0.273 e. The SMILES string of the molecule is C[C@@H]1CS(=O)(=O)N(c2ccc(S(=O)(=O)NCCc3ccc(F)cc3)cc2)C1=O. The number of hydrogen-bond acceptors (Lipinski definition) is 5. The van der Waals surface area contributed by atoms with Crippen LogP contribution in [-0.2, 0) is 31.3 Å². The standard InChI is InChI=1S/C18H19FN2O5S2/c1-13-12-27(23,24)21(18(13)22)16-6-8-17(9-7-16)28(25,26)20-11-10-14-2-4-15(19)5-3-14/h2-9,13,20H,10-12H2,1H3/t13-/m1/s1. The van der Waals surface area contributed by atoms with E-state index in [2.05, 4.69) is 4.72 Å². The summed E-state index contributed by atoms with van der Waals surface area (Å²) in [6.45, 7) is 1.65. The van der Waals surface area contributed by atoms with Crippen LogP contribution in [0.1, 0.15) is 12.5 Å². The Labute approximate surface area is 163 Å². The van der Waals surface area contributed by atoms with Crippen molar-refractivity contribution >= 4 is 31.6 Å². The van der Waals surface area contributed by atoms with Gasteiger partial charge in [0.2, 0.25) is 26.0 Å². The Morgan fingerprint density at radius 3 is 2.25 bits per heavy atom. The zero-order chi connectivity index (χ0) is 20.5. The summed E-state index contributed by atoms with van der Waals surface area (Å²) in [4.78, 5) is 12.0. The number of carbonyl (C=O) groups is 1. The smallest absolute Gasteiger partial charge is 0.244 e. The fourth-order valence-electron chi connectivity index (χ4n) is 2.91. The maximum atomic E-state index is 12.9. The molecule has 1 aliphatic heterocycles. The van der Waals surface area contributed by atoms with Crippen molar-refractivity contribution in [2.75, 3.05) is 16.6 Å². The highest BCUT2D eigenvalue weighted by molar-refractivity contribution is 7.94. The maximum Gasteiger partial charge on any atom is 0.244 e. The second-order valence-electron chi connectivity index (χ2n) is 6.55. The van der Waals surface area contributed by atoms with Gasteiger partial charge in [-0.15, -0.1) is 0 Å². The number of nitrogens with zero attached hydrogens (tertiary/aromatic N) is 1. The number of rotatable bonds is 6. The van der Waals surface area contributed by atoms with Gasteiger partial charge in [-0.2, -0.15) is 0 Å². The summed E-state index contributed by atoms with van der Waals surface area (Å²) in [7, 11) is -7.55. The lowest BCUT2D eigenvalue weighted by Crippen LogP contribution is -2.30. The van der Waals surface area contributed by atoms with E-state index in [4.69, 9.17) is 0 Å². The first-order valence-electron chi connectivity index (χ1n) is 8.51. The predicted octanol–water partition coefficient (Wildman–Crippen LogP) is 1.66. The molecule has 0 unspecified atom stereocenters. The van der Waals surface area contributed by atoms with Crippen LogP contribution in [0.4, 0.5) is 10.1 Å². The van der Waals surface area contributed by atoms with Crippen molar-refractivity contribution in [2.45, 2.75) is 18.2 Å². The molecule has 0 bridgehead atoms. The Kier molecular flexibility index (Phi) is 5.55. The van der Waals surface area contributed by atoms with Crippen molar-refractivity contribution in [1.29, 1.82) is 0 Å². The summed E-state index contributed by atoms with van der Waals surface area (Å²) in [6.07, 6.45) is 0.385. The Morgan fingerprint density at radius 2 is 1.71 bits per heavy atom. The average Bonchev–Trinajstić information content (AvgIpc) is 2.84. The molecule has 150 valence electrons. The molecule has 0 aromatic heterocycles. The number of halogens is 1. The minimum absolute atomic E-state index is 0.0487. The second kappa shape index (κ2) is 7.61. The van der Waals surface area contributed by atoms with Crippen LogP contribution in [0.25, 0.3) is 0 Å². The van der Waals surface area contributed by atoms with Crippen molar-refractivity contribution in [3.63, 3.8) is 0 Å². The number of carbonyl (C=O) groups excluding carboxylic acids is 1. The summed E-state index contributed by atoms with van der Waals surface area (Å²) >= 11 is 0. The molecule has 10 heteroatoms. The molecule has 1 heterocycles. The Bertz CT molecular complexity index is 1080. The maximum absolute atomic E-state index is 12.9. The third-order valence-corrected chi connectivity index (χ3v) is 7.71. The van der Waals surface area contributed by atoms with Crippen LogP contribution in [0.3, 0.4) is 0 Å². The fourth-order valence-corrected chi connectivity index (χ4v) is 5.76. The molecular weight excluding hydrogens is 407 g/mol. The Hall–Kier alpha value is -2.30. The number of hydrogen-bond donors (Lipinski definition) is 1. The van der Waals surface area contributed by atoms with Crippen LogP contribution in [0.15, 0.2) is 53.4 Å². The van der Waals surface area contributed by atoms with Crippen LogP contribution in [0.5, 0.6) is 0 Å². The van der Waals surface area contributed by atoms with Crippen LogP contribution >= 0.6 is 0 Å². The van der Waals surface area contributed by atoms with Gasteiger partial charge in [-0.05, 0) is 48.4 Å². The van der Waals surface area contributed by atoms with Gasteiger partial charge in [-0.1, -0.05) is 19.1 Å². The number of nitrogens with one attached hydrogen (secondary N) is 1. The van der Waals surface area contributed by atoms with Gasteiger partial charge in [0.1, 0.15) is 5.82 Å². The van der Waals surface area contributed by atoms with Crippen LogP contribution in [-0.4, -0.2) is 35.0 Å². The van der Waals surface area contributed by atoms with E-state index in [0.29, 0.717) is 6.42 Å². The molecule has 1 amide bonds. The highest BCUT2D eigenvalue weighted by atomic mass is 32.2. The van der Waals surface area contributed by atoms with E-state index in [0.717, 1.165) is 9.87 Å². The van der Waals surface area contributed by atoms with Crippen LogP contribution < -0.4 is 9.03 Å². The van der Waals surface area contributed by atoms with E-state index < -0.39 is 31.9 Å². The summed E-state index contributed by atoms with van der Waals surface area (Å²) in [5.74, 6) is -1.80. The number of anilines is 1. The molecular formula is C18H19FN2O5S2. The molecule has 1 saturated heterocycles. The normalized spacial score (nSPS) is 19.1. The third-order valence-electron chi connectivity index (χ3n) is 4.36. The molecule has 3 rings (SSSR count). The van der Waals surface area contributed by atoms with E-state index in [-0.39, 0.29) is 28.7 Å². The summed E-state index contributed by atoms with van der Waals surface area (Å²) in [5.41, 5.74) is 0.894. The van der Waals surface area contributed by atoms with Crippen LogP contribution in [0.2, 0.25) is 0 Å². The van der Waals surface area contributed by atoms with E-state index in [1.165, 1.54) is 43.3 Å². The van der Waals surface area contributed by atoms with E-state index in [1.807, 2.05) is 0 Å². The minimum Gasteiger partial charge on any atom is -0.273 e. The molecule has 0 aliphatic carbocycles. The van der Waals surface area contributed by atoms with Gasteiger partial charge >= 0.3 is 0 Å². The first-order chi connectivity index (χ1) is 13.1. The summed E-state index contributed by atoms with van der Waals surface area (Å²) in [6, 6.07) is 10.8. The molecule has 0 spiro atoms. The molecule has 1 atom stereocenters. The second-order valence-corrected chi connectivity index (χ2v) is 10.2. The quantitative estimate of drug-likeness (QED) is 0.757. The number of amides is 1. The molecule has 7 nitrogen and oxygen atoms in total. The summed E-state index contributed by atoms with van der Waals surface area (Å²) in [5, 5.41) is 0. The van der Waals surface area contributed by atoms with Gasteiger partial charge in [-0.3, -0.25) is 4.79 Å². The number of benzene rings is 2. The van der Waals surface area contributed by atoms with E-state index in [1.54, 1.807) is 12.1 Å². The van der Waals surface area contributed by atoms with Gasteiger partial charge in [0.05, 0.1) is 22.3 Å². The highest BCUT2D eigenvalue weighted by Crippen LogP contribution is 2.28. The molecule has 0 radical (unpaired) electrons. The van der Waals surface area contributed by atoms with Crippen LogP contribution in [0, 0.1) is 11.7 Å². The average molecular weight is 426 g/mol. The summed E-state index contributed by atoms with van der Waals surface area (Å²) < 4.78 is 65.0. The van der Waals surface area contributed by atoms with Gasteiger partial charge in [0, 0.05) is 6.54 Å². The van der Waals surface area contributed by atoms with E-state index in [9.17, 15) is 26.0 Å². The van der Waals surface area contributed by atoms with Gasteiger partial charge in [-0.25, -0.2) is 30.3 Å². The molecule has 1 N–H and O–H groups in total. The lowest BCUT2D eigenvalue weighted by molar-refractivity contribution is -0.119. The van der Waals surface area contributed by atoms with Crippen molar-refractivity contribution in [2.24, 2.45) is 5.92 Å². The zero-order valence-corrected chi connectivity index (χ0v) is 16.6. The van der Waals surface area contributed by atoms with Crippen molar-refractivity contribution in [3.8, 4) is 0 Å². The first-order valence-corrected chi connectivity index (χ1v) is 11.6. The molecule has 2 aromatic rings. The Morgan fingerprint density at radius 1 is 1.11 bits per heavy atom. The molecule has 1 aliphatic rings. The van der Waals surface area contributed by atoms with Crippen molar-refractivity contribution in [3.05, 3.63) is 59.9 Å². The van der Waals surface area contributed by atoms with E-state index >= 15 is 0 Å². The van der Waals surface area contributed by atoms with Gasteiger partial charge < -0.3 is 0 Å². The van der Waals surface area contributed by atoms with Gasteiger partial charge in [0.15, 0.2) is 0 Å². The zero-order valence-electron chi connectivity index (χ0n) is 15.0. The molecule has 1 fully saturated rings. The molecule has 2 aromatic carbocycles. The lowest BCUT2D eigenvalue weighted by atomic mass is 10.1. The molecule has 28 heavy (non-hydrogen) atoms. The van der Waals surface area contributed by atoms with Crippen molar-refractivity contribution in [1.82, 2.24) is 4.72 Å². The first kappa shape index (κ1) is 20.4. The fraction of sp³-hybridized carbons (Fsp3) is 0.278. The predicted molar refractivity (Wildman–Crippen MR) is 102 cm³/mol.